The van der Waals surface area contributed by atoms with Crippen molar-refractivity contribution >= 4 is 18.3 Å². The summed E-state index contributed by atoms with van der Waals surface area (Å²) in [5.41, 5.74) is -0.208. The Kier molecular flexibility index (Phi) is 11.4. The molecule has 1 amide bonds. The molecule has 10 heteroatoms. The number of ether oxygens (including phenoxy) is 1. The van der Waals surface area contributed by atoms with Crippen LogP contribution in [-0.2, 0) is 4.79 Å². The number of carbonyl (C=O) groups is 1. The van der Waals surface area contributed by atoms with Gasteiger partial charge in [0, 0.05) is 13.0 Å². The molecule has 5 nitrogen and oxygen atoms in total. The fraction of sp³-hybridized carbons (Fsp3) is 0.788. The van der Waals surface area contributed by atoms with E-state index >= 15 is 0 Å². The van der Waals surface area contributed by atoms with Crippen LogP contribution in [0.2, 0.25) is 0 Å². The van der Waals surface area contributed by atoms with Crippen molar-refractivity contribution in [2.75, 3.05) is 13.2 Å². The monoisotopic (exact) mass is 615 g/mol. The summed E-state index contributed by atoms with van der Waals surface area (Å²) in [6.07, 6.45) is 9.75. The molecular formula is C33H50BF3NNaO4. The Labute approximate surface area is 277 Å². The van der Waals surface area contributed by atoms with Crippen LogP contribution in [0.3, 0.4) is 0 Å². The molecule has 4 fully saturated rings. The van der Waals surface area contributed by atoms with E-state index in [9.17, 15) is 28.0 Å². The van der Waals surface area contributed by atoms with Gasteiger partial charge in [-0.1, -0.05) is 32.9 Å². The van der Waals surface area contributed by atoms with Crippen LogP contribution in [0.4, 0.5) is 12.9 Å². The van der Waals surface area contributed by atoms with Crippen LogP contribution in [0.25, 0.3) is 0 Å². The van der Waals surface area contributed by atoms with Gasteiger partial charge in [0.1, 0.15) is 5.75 Å². The van der Waals surface area contributed by atoms with Gasteiger partial charge in [-0.25, -0.2) is 0 Å². The molecule has 1 unspecified atom stereocenters. The minimum absolute atomic E-state index is 0. The Morgan fingerprint density at radius 3 is 2.40 bits per heavy atom. The standard InChI is InChI=1S/C33H50BF3NO4.Na/c1-21(5-12-30(41)38-17-4-18-42-25-8-6-23(7-9-25)34(35,36)37)26-10-11-27-31-28(14-16-33(26,27)3)32(2)15-13-24(39)19-22(32)20-29(31)40;/h6-9,21-22,24,26-29,31,39-40H,4-5,10-20H2,1-3H3,(H,38,41);/q-1;+1/t21-,22+,24-,26-,27+,28+,29+,31?,32+,33-;/m1./s1. The smallest absolute Gasteiger partial charge is 0.494 e. The van der Waals surface area contributed by atoms with E-state index in [4.69, 9.17) is 4.74 Å². The van der Waals surface area contributed by atoms with E-state index in [0.29, 0.717) is 67.3 Å². The van der Waals surface area contributed by atoms with Gasteiger partial charge in [0.2, 0.25) is 5.91 Å². The number of aliphatic hydroxyl groups is 2. The van der Waals surface area contributed by atoms with E-state index < -0.39 is 12.4 Å². The summed E-state index contributed by atoms with van der Waals surface area (Å²) in [5, 5.41) is 24.7. The molecule has 0 saturated heterocycles. The molecule has 0 aromatic heterocycles. The number of halogens is 3. The van der Waals surface area contributed by atoms with Crippen LogP contribution in [0.1, 0.15) is 91.4 Å². The SMILES string of the molecule is C[C@H](CCC(=O)NCCCOc1ccc([B-](F)(F)F)cc1)[C@H]1CC[C@H]2C3[C@@H](O)C[C@@H]4C[C@H](O)CC[C@]4(C)[C@H]3CC[C@]12C.[Na+]. The largest absolute Gasteiger partial charge is 1.00 e. The maximum absolute atomic E-state index is 12.8. The van der Waals surface area contributed by atoms with E-state index in [1.807, 2.05) is 0 Å². The Balaban J connectivity index is 0.00000423. The van der Waals surface area contributed by atoms with Gasteiger partial charge in [0.25, 0.3) is 0 Å². The molecule has 0 heterocycles. The minimum atomic E-state index is -5.01. The fourth-order valence-electron chi connectivity index (χ4n) is 10.1. The summed E-state index contributed by atoms with van der Waals surface area (Å²) in [6, 6.07) is 4.73. The van der Waals surface area contributed by atoms with Gasteiger partial charge >= 0.3 is 36.5 Å². The molecule has 10 atom stereocenters. The number of fused-ring (bicyclic) bond motifs is 5. The molecule has 0 aliphatic heterocycles. The van der Waals surface area contributed by atoms with Crippen LogP contribution >= 0.6 is 0 Å². The van der Waals surface area contributed by atoms with Crippen molar-refractivity contribution in [2.45, 2.75) is 104 Å². The summed E-state index contributed by atoms with van der Waals surface area (Å²) < 4.78 is 43.8. The molecule has 5 rings (SSSR count). The summed E-state index contributed by atoms with van der Waals surface area (Å²) in [4.78, 5) is 12.6. The fourth-order valence-corrected chi connectivity index (χ4v) is 10.1. The normalized spacial score (nSPS) is 37.7. The molecule has 4 aliphatic rings. The van der Waals surface area contributed by atoms with Crippen molar-refractivity contribution in [3.8, 4) is 5.75 Å². The summed E-state index contributed by atoms with van der Waals surface area (Å²) in [5.74, 6) is 3.26. The van der Waals surface area contributed by atoms with Crippen molar-refractivity contribution in [3.63, 3.8) is 0 Å². The third-order valence-corrected chi connectivity index (χ3v) is 12.4. The van der Waals surface area contributed by atoms with Crippen molar-refractivity contribution in [1.82, 2.24) is 5.32 Å². The summed E-state index contributed by atoms with van der Waals surface area (Å²) in [7, 11) is 0. The van der Waals surface area contributed by atoms with Crippen LogP contribution in [0.15, 0.2) is 24.3 Å². The number of aliphatic hydroxyl groups excluding tert-OH is 2. The number of hydrogen-bond donors (Lipinski definition) is 3. The predicted octanol–water partition coefficient (Wildman–Crippen LogP) is 3.04. The quantitative estimate of drug-likeness (QED) is 0.280. The molecule has 0 bridgehead atoms. The van der Waals surface area contributed by atoms with Gasteiger partial charge < -0.3 is 33.2 Å². The van der Waals surface area contributed by atoms with Crippen molar-refractivity contribution in [2.24, 2.45) is 46.3 Å². The topological polar surface area (TPSA) is 78.8 Å². The molecule has 1 aromatic rings. The third kappa shape index (κ3) is 7.31. The number of nitrogens with one attached hydrogen (secondary N) is 1. The average molecular weight is 616 g/mol. The first-order valence-electron chi connectivity index (χ1n) is 16.4. The van der Waals surface area contributed by atoms with E-state index in [-0.39, 0.29) is 58.5 Å². The number of hydrogen-bond acceptors (Lipinski definition) is 4. The Morgan fingerprint density at radius 1 is 1.02 bits per heavy atom. The van der Waals surface area contributed by atoms with Crippen LogP contribution in [0.5, 0.6) is 5.75 Å². The first-order chi connectivity index (χ1) is 19.8. The molecule has 0 spiro atoms. The number of carbonyl (C=O) groups excluding carboxylic acids is 1. The maximum Gasteiger partial charge on any atom is 1.00 e. The maximum atomic E-state index is 12.8. The van der Waals surface area contributed by atoms with E-state index in [1.54, 1.807) is 0 Å². The molecular weight excluding hydrogens is 565 g/mol. The molecule has 4 saturated carbocycles. The van der Waals surface area contributed by atoms with E-state index in [2.05, 4.69) is 26.1 Å². The van der Waals surface area contributed by atoms with E-state index in [0.717, 1.165) is 50.7 Å². The van der Waals surface area contributed by atoms with Gasteiger partial charge in [-0.3, -0.25) is 4.79 Å². The second-order valence-corrected chi connectivity index (χ2v) is 14.7. The second-order valence-electron chi connectivity index (χ2n) is 14.7. The number of amides is 1. The molecule has 1 aromatic carbocycles. The predicted molar refractivity (Wildman–Crippen MR) is 159 cm³/mol. The van der Waals surface area contributed by atoms with Crippen molar-refractivity contribution < 1.29 is 62.2 Å². The molecule has 3 N–H and O–H groups in total. The zero-order valence-corrected chi connectivity index (χ0v) is 28.5. The van der Waals surface area contributed by atoms with Crippen LogP contribution < -0.4 is 45.1 Å². The van der Waals surface area contributed by atoms with Gasteiger partial charge in [-0.15, -0.1) is 5.46 Å². The van der Waals surface area contributed by atoms with Crippen molar-refractivity contribution in [1.29, 1.82) is 0 Å². The molecule has 4 aliphatic carbocycles. The van der Waals surface area contributed by atoms with Gasteiger partial charge in [0.15, 0.2) is 0 Å². The molecule has 236 valence electrons. The van der Waals surface area contributed by atoms with Crippen molar-refractivity contribution in [3.05, 3.63) is 24.3 Å². The zero-order chi connectivity index (χ0) is 30.3. The zero-order valence-electron chi connectivity index (χ0n) is 26.5. The minimum Gasteiger partial charge on any atom is -0.494 e. The first-order valence-corrected chi connectivity index (χ1v) is 16.4. The number of rotatable bonds is 10. The Hall–Kier alpha value is -0.735. The van der Waals surface area contributed by atoms with Gasteiger partial charge in [0.05, 0.1) is 18.8 Å². The Bertz CT molecular complexity index is 1090. The first kappa shape index (κ1) is 35.1. The third-order valence-electron chi connectivity index (χ3n) is 12.4. The summed E-state index contributed by atoms with van der Waals surface area (Å²) in [6.45, 7) is 3.00. The average Bonchev–Trinajstić information content (AvgIpc) is 3.29. The van der Waals surface area contributed by atoms with Gasteiger partial charge in [-0.2, -0.15) is 0 Å². The molecule has 0 radical (unpaired) electrons. The Morgan fingerprint density at radius 2 is 1.70 bits per heavy atom. The second kappa shape index (κ2) is 13.9. The van der Waals surface area contributed by atoms with Crippen LogP contribution in [0, 0.1) is 46.3 Å². The van der Waals surface area contributed by atoms with Gasteiger partial charge in [-0.05, 0) is 123 Å². The van der Waals surface area contributed by atoms with Crippen LogP contribution in [-0.4, -0.2) is 48.5 Å². The summed E-state index contributed by atoms with van der Waals surface area (Å²) >= 11 is 0. The number of benzene rings is 1. The van der Waals surface area contributed by atoms with E-state index in [1.165, 1.54) is 31.4 Å². The molecule has 43 heavy (non-hydrogen) atoms.